The summed E-state index contributed by atoms with van der Waals surface area (Å²) < 4.78 is 9.93. The van der Waals surface area contributed by atoms with Crippen molar-refractivity contribution in [3.05, 3.63) is 42.2 Å². The number of nitrogens with two attached hydrogens (primary N) is 1. The number of benzene rings is 1. The molecule has 0 aliphatic heterocycles. The van der Waals surface area contributed by atoms with Gasteiger partial charge in [-0.25, -0.2) is 4.79 Å². The molecule has 4 heteroatoms. The molecule has 0 unspecified atom stereocenters. The van der Waals surface area contributed by atoms with E-state index in [0.717, 1.165) is 5.56 Å². The van der Waals surface area contributed by atoms with Crippen molar-refractivity contribution in [3.8, 4) is 11.3 Å². The fourth-order valence-electron chi connectivity index (χ4n) is 1.44. The second-order valence-corrected chi connectivity index (χ2v) is 3.28. The number of furan rings is 1. The van der Waals surface area contributed by atoms with Crippen molar-refractivity contribution in [1.82, 2.24) is 0 Å². The minimum Gasteiger partial charge on any atom is -0.465 e. The molecule has 1 aromatic heterocycles. The highest BCUT2D eigenvalue weighted by molar-refractivity contribution is 5.95. The smallest absolute Gasteiger partial charge is 0.341 e. The van der Waals surface area contributed by atoms with Crippen LogP contribution in [-0.4, -0.2) is 13.1 Å². The van der Waals surface area contributed by atoms with Crippen molar-refractivity contribution < 1.29 is 13.9 Å². The highest BCUT2D eigenvalue weighted by Crippen LogP contribution is 2.26. The molecule has 1 heterocycles. The number of nitrogen functional groups attached to an aromatic ring is 1. The highest BCUT2D eigenvalue weighted by atomic mass is 16.5. The maximum absolute atomic E-state index is 11.4. The summed E-state index contributed by atoms with van der Waals surface area (Å²) in [6, 6.07) is 8.66. The number of anilines is 1. The molecule has 2 aromatic rings. The lowest BCUT2D eigenvalue weighted by Crippen LogP contribution is -2.00. The number of methoxy groups -OCH3 is 1. The van der Waals surface area contributed by atoms with Crippen LogP contribution in [0.15, 0.2) is 41.0 Å². The van der Waals surface area contributed by atoms with Gasteiger partial charge in [-0.15, -0.1) is 0 Å². The van der Waals surface area contributed by atoms with Gasteiger partial charge in [0.15, 0.2) is 0 Å². The van der Waals surface area contributed by atoms with Crippen LogP contribution in [0.2, 0.25) is 0 Å². The van der Waals surface area contributed by atoms with E-state index in [4.69, 9.17) is 10.2 Å². The molecule has 4 nitrogen and oxygen atoms in total. The lowest BCUT2D eigenvalue weighted by molar-refractivity contribution is 0.0601. The van der Waals surface area contributed by atoms with E-state index >= 15 is 0 Å². The predicted octanol–water partition coefficient (Wildman–Crippen LogP) is 2.32. The molecule has 82 valence electrons. The Labute approximate surface area is 92.6 Å². The molecule has 0 radical (unpaired) electrons. The zero-order chi connectivity index (χ0) is 11.5. The van der Waals surface area contributed by atoms with E-state index in [9.17, 15) is 4.79 Å². The molecule has 0 bridgehead atoms. The SMILES string of the molecule is COC(=O)c1ccoc1-c1ccc(N)cc1. The molecular weight excluding hydrogens is 206 g/mol. The molecule has 0 saturated carbocycles. The van der Waals surface area contributed by atoms with Crippen molar-refractivity contribution in [2.75, 3.05) is 12.8 Å². The zero-order valence-corrected chi connectivity index (χ0v) is 8.77. The van der Waals surface area contributed by atoms with Gasteiger partial charge >= 0.3 is 5.97 Å². The van der Waals surface area contributed by atoms with Crippen LogP contribution < -0.4 is 5.73 Å². The lowest BCUT2D eigenvalue weighted by atomic mass is 10.1. The van der Waals surface area contributed by atoms with Crippen LogP contribution in [0.3, 0.4) is 0 Å². The number of hydrogen-bond acceptors (Lipinski definition) is 4. The summed E-state index contributed by atoms with van der Waals surface area (Å²) in [5.41, 5.74) is 7.44. The summed E-state index contributed by atoms with van der Waals surface area (Å²) in [4.78, 5) is 11.4. The van der Waals surface area contributed by atoms with Crippen LogP contribution in [0, 0.1) is 0 Å². The Kier molecular flexibility index (Phi) is 2.64. The molecule has 0 atom stereocenters. The average Bonchev–Trinajstić information content (AvgIpc) is 2.78. The van der Waals surface area contributed by atoms with Gasteiger partial charge in [0, 0.05) is 11.3 Å². The van der Waals surface area contributed by atoms with Crippen LogP contribution in [0.1, 0.15) is 10.4 Å². The Morgan fingerprint density at radius 2 is 1.94 bits per heavy atom. The van der Waals surface area contributed by atoms with E-state index in [0.29, 0.717) is 17.0 Å². The van der Waals surface area contributed by atoms with Crippen LogP contribution >= 0.6 is 0 Å². The van der Waals surface area contributed by atoms with E-state index in [2.05, 4.69) is 4.74 Å². The third-order valence-electron chi connectivity index (χ3n) is 2.24. The summed E-state index contributed by atoms with van der Waals surface area (Å²) in [6.45, 7) is 0. The van der Waals surface area contributed by atoms with Gasteiger partial charge in [-0.3, -0.25) is 0 Å². The third kappa shape index (κ3) is 1.77. The van der Waals surface area contributed by atoms with Gasteiger partial charge in [0.2, 0.25) is 0 Å². The van der Waals surface area contributed by atoms with Gasteiger partial charge in [-0.05, 0) is 30.3 Å². The van der Waals surface area contributed by atoms with Crippen molar-refractivity contribution in [1.29, 1.82) is 0 Å². The van der Waals surface area contributed by atoms with E-state index in [1.807, 2.05) is 0 Å². The second-order valence-electron chi connectivity index (χ2n) is 3.28. The second kappa shape index (κ2) is 4.10. The van der Waals surface area contributed by atoms with Gasteiger partial charge < -0.3 is 14.9 Å². The fraction of sp³-hybridized carbons (Fsp3) is 0.0833. The van der Waals surface area contributed by atoms with Gasteiger partial charge in [0.05, 0.1) is 13.4 Å². The number of ether oxygens (including phenoxy) is 1. The van der Waals surface area contributed by atoms with Crippen LogP contribution in [-0.2, 0) is 4.74 Å². The first-order valence-electron chi connectivity index (χ1n) is 4.74. The fourth-order valence-corrected chi connectivity index (χ4v) is 1.44. The number of esters is 1. The van der Waals surface area contributed by atoms with E-state index < -0.39 is 5.97 Å². The molecule has 0 saturated heterocycles. The molecule has 0 amide bonds. The molecule has 1 aromatic carbocycles. The highest BCUT2D eigenvalue weighted by Gasteiger charge is 2.16. The van der Waals surface area contributed by atoms with Gasteiger partial charge in [0.25, 0.3) is 0 Å². The minimum absolute atomic E-state index is 0.410. The largest absolute Gasteiger partial charge is 0.465 e. The minimum atomic E-state index is -0.416. The number of carbonyl (C=O) groups is 1. The molecule has 2 N–H and O–H groups in total. The zero-order valence-electron chi connectivity index (χ0n) is 8.77. The first-order chi connectivity index (χ1) is 7.72. The molecule has 2 rings (SSSR count). The lowest BCUT2D eigenvalue weighted by Gasteiger charge is -2.01. The van der Waals surface area contributed by atoms with Crippen molar-refractivity contribution in [2.45, 2.75) is 0 Å². The predicted molar refractivity (Wildman–Crippen MR) is 59.9 cm³/mol. The van der Waals surface area contributed by atoms with Crippen LogP contribution in [0.4, 0.5) is 5.69 Å². The maximum atomic E-state index is 11.4. The first kappa shape index (κ1) is 10.3. The van der Waals surface area contributed by atoms with Crippen molar-refractivity contribution >= 4 is 11.7 Å². The molecule has 16 heavy (non-hydrogen) atoms. The van der Waals surface area contributed by atoms with E-state index in [-0.39, 0.29) is 0 Å². The number of hydrogen-bond donors (Lipinski definition) is 1. The maximum Gasteiger partial charge on any atom is 0.341 e. The average molecular weight is 217 g/mol. The Morgan fingerprint density at radius 3 is 2.56 bits per heavy atom. The topological polar surface area (TPSA) is 65.5 Å². The van der Waals surface area contributed by atoms with Crippen molar-refractivity contribution in [2.24, 2.45) is 0 Å². The van der Waals surface area contributed by atoms with E-state index in [1.165, 1.54) is 13.4 Å². The Bertz CT molecular complexity index is 499. The third-order valence-corrected chi connectivity index (χ3v) is 2.24. The molecule has 0 aliphatic rings. The molecule has 0 fully saturated rings. The standard InChI is InChI=1S/C12H11NO3/c1-15-12(14)10-6-7-16-11(10)8-2-4-9(13)5-3-8/h2-7H,13H2,1H3. The number of carbonyl (C=O) groups excluding carboxylic acids is 1. The van der Waals surface area contributed by atoms with Gasteiger partial charge in [-0.1, -0.05) is 0 Å². The van der Waals surface area contributed by atoms with Crippen LogP contribution in [0.25, 0.3) is 11.3 Å². The van der Waals surface area contributed by atoms with Gasteiger partial charge in [0.1, 0.15) is 11.3 Å². The first-order valence-corrected chi connectivity index (χ1v) is 4.74. The molecular formula is C12H11NO3. The Balaban J connectivity index is 2.44. The normalized spacial score (nSPS) is 10.1. The monoisotopic (exact) mass is 217 g/mol. The molecule has 0 spiro atoms. The summed E-state index contributed by atoms with van der Waals surface area (Å²) in [7, 11) is 1.34. The summed E-state index contributed by atoms with van der Waals surface area (Å²) >= 11 is 0. The van der Waals surface area contributed by atoms with Crippen LogP contribution in [0.5, 0.6) is 0 Å². The number of rotatable bonds is 2. The Morgan fingerprint density at radius 1 is 1.25 bits per heavy atom. The summed E-state index contributed by atoms with van der Waals surface area (Å²) in [6.07, 6.45) is 1.46. The van der Waals surface area contributed by atoms with E-state index in [1.54, 1.807) is 30.3 Å². The summed E-state index contributed by atoms with van der Waals surface area (Å²) in [5.74, 6) is 0.0763. The van der Waals surface area contributed by atoms with Gasteiger partial charge in [-0.2, -0.15) is 0 Å². The summed E-state index contributed by atoms with van der Waals surface area (Å²) in [5, 5.41) is 0. The quantitative estimate of drug-likeness (QED) is 0.619. The molecule has 0 aliphatic carbocycles. The van der Waals surface area contributed by atoms with Crippen molar-refractivity contribution in [3.63, 3.8) is 0 Å². The Hall–Kier alpha value is -2.23.